The Balaban J connectivity index is 1.71. The lowest BCUT2D eigenvalue weighted by Gasteiger charge is -2.54. The van der Waals surface area contributed by atoms with E-state index < -0.39 is 6.09 Å². The van der Waals surface area contributed by atoms with Gasteiger partial charge in [0.1, 0.15) is 5.69 Å². The van der Waals surface area contributed by atoms with Crippen LogP contribution in [0, 0.1) is 11.3 Å². The summed E-state index contributed by atoms with van der Waals surface area (Å²) in [5.41, 5.74) is 3.72. The molecule has 1 unspecified atom stereocenters. The Bertz CT molecular complexity index is 982. The Hall–Kier alpha value is -2.45. The normalized spacial score (nSPS) is 24.5. The Morgan fingerprint density at radius 3 is 2.67 bits per heavy atom. The summed E-state index contributed by atoms with van der Waals surface area (Å²) in [6, 6.07) is 8.10. The number of carboxylic acid groups (broad SMARTS) is 1. The van der Waals surface area contributed by atoms with E-state index in [9.17, 15) is 14.7 Å². The zero-order valence-electron chi connectivity index (χ0n) is 19.6. The van der Waals surface area contributed by atoms with E-state index in [0.29, 0.717) is 18.2 Å². The minimum absolute atomic E-state index is 0.0770. The van der Waals surface area contributed by atoms with Crippen LogP contribution < -0.4 is 10.6 Å². The van der Waals surface area contributed by atoms with Crippen LogP contribution in [0.3, 0.4) is 0 Å². The monoisotopic (exact) mass is 470 g/mol. The number of carbonyl (C=O) groups is 2. The number of carbonyl (C=O) groups excluding carboxylic acids is 1. The van der Waals surface area contributed by atoms with Crippen LogP contribution in [0.25, 0.3) is 0 Å². The molecule has 1 aromatic carbocycles. The highest BCUT2D eigenvalue weighted by Gasteiger charge is 2.50. The van der Waals surface area contributed by atoms with Crippen molar-refractivity contribution >= 4 is 29.0 Å². The van der Waals surface area contributed by atoms with Gasteiger partial charge in [-0.3, -0.25) is 4.79 Å². The van der Waals surface area contributed by atoms with Crippen molar-refractivity contribution in [2.45, 2.75) is 57.9 Å². The fourth-order valence-corrected chi connectivity index (χ4v) is 6.24. The number of amides is 2. The first-order valence-electron chi connectivity index (χ1n) is 11.7. The average Bonchev–Trinajstić information content (AvgIpc) is 3.34. The van der Waals surface area contributed by atoms with Crippen molar-refractivity contribution < 1.29 is 14.7 Å². The molecule has 0 aliphatic carbocycles. The SMILES string of the molecule is CC(C)(C)[C@H]1CC(c2cccc(NC(=O)c3cscn3)c2)(C2CCNCC2)CCN1C(=O)O. The molecular weight excluding hydrogens is 436 g/mol. The first-order valence-corrected chi connectivity index (χ1v) is 12.7. The van der Waals surface area contributed by atoms with E-state index in [4.69, 9.17) is 0 Å². The highest BCUT2D eigenvalue weighted by molar-refractivity contribution is 7.07. The second-order valence-corrected chi connectivity index (χ2v) is 11.1. The largest absolute Gasteiger partial charge is 0.465 e. The second kappa shape index (κ2) is 9.43. The highest BCUT2D eigenvalue weighted by atomic mass is 32.1. The Kier molecular flexibility index (Phi) is 6.77. The number of piperidine rings is 2. The smallest absolute Gasteiger partial charge is 0.407 e. The molecule has 7 nitrogen and oxygen atoms in total. The summed E-state index contributed by atoms with van der Waals surface area (Å²) in [4.78, 5) is 30.4. The fourth-order valence-electron chi connectivity index (χ4n) is 5.71. The summed E-state index contributed by atoms with van der Waals surface area (Å²) in [5.74, 6) is 0.251. The van der Waals surface area contributed by atoms with E-state index in [0.717, 1.165) is 44.5 Å². The summed E-state index contributed by atoms with van der Waals surface area (Å²) in [6.07, 6.45) is 2.88. The zero-order chi connectivity index (χ0) is 23.6. The van der Waals surface area contributed by atoms with E-state index in [1.165, 1.54) is 16.9 Å². The van der Waals surface area contributed by atoms with Crippen LogP contribution in [0.15, 0.2) is 35.2 Å². The van der Waals surface area contributed by atoms with Gasteiger partial charge in [-0.05, 0) is 67.8 Å². The van der Waals surface area contributed by atoms with Crippen molar-refractivity contribution in [3.8, 4) is 0 Å². The van der Waals surface area contributed by atoms with Crippen molar-refractivity contribution in [3.05, 3.63) is 46.4 Å². The van der Waals surface area contributed by atoms with Crippen LogP contribution in [0.4, 0.5) is 10.5 Å². The molecule has 0 bridgehead atoms. The number of thiazole rings is 1. The first kappa shape index (κ1) is 23.7. The van der Waals surface area contributed by atoms with Crippen LogP contribution in [0.2, 0.25) is 0 Å². The number of anilines is 1. The topological polar surface area (TPSA) is 94.6 Å². The van der Waals surface area contributed by atoms with E-state index in [2.05, 4.69) is 48.5 Å². The number of nitrogens with zero attached hydrogens (tertiary/aromatic N) is 2. The Labute approximate surface area is 199 Å². The molecule has 1 aromatic heterocycles. The number of aromatic nitrogens is 1. The van der Waals surface area contributed by atoms with E-state index in [-0.39, 0.29) is 22.8 Å². The van der Waals surface area contributed by atoms with Crippen LogP contribution in [0.1, 0.15) is 62.5 Å². The number of benzene rings is 1. The summed E-state index contributed by atoms with van der Waals surface area (Å²) in [5, 5.41) is 18.1. The van der Waals surface area contributed by atoms with Gasteiger partial charge in [0.2, 0.25) is 0 Å². The molecule has 2 atom stereocenters. The van der Waals surface area contributed by atoms with Gasteiger partial charge in [0, 0.05) is 29.1 Å². The fraction of sp³-hybridized carbons (Fsp3) is 0.560. The lowest BCUT2D eigenvalue weighted by Crippen LogP contribution is -2.58. The van der Waals surface area contributed by atoms with Crippen LogP contribution >= 0.6 is 11.3 Å². The maximum Gasteiger partial charge on any atom is 0.407 e. The van der Waals surface area contributed by atoms with Gasteiger partial charge < -0.3 is 20.6 Å². The molecule has 8 heteroatoms. The van der Waals surface area contributed by atoms with Crippen molar-refractivity contribution in [1.82, 2.24) is 15.2 Å². The highest BCUT2D eigenvalue weighted by Crippen LogP contribution is 2.50. The second-order valence-electron chi connectivity index (χ2n) is 10.4. The van der Waals surface area contributed by atoms with Gasteiger partial charge in [0.15, 0.2) is 0 Å². The first-order chi connectivity index (χ1) is 15.7. The number of rotatable bonds is 4. The lowest BCUT2D eigenvalue weighted by molar-refractivity contribution is 0.00692. The molecular formula is C25H34N4O3S. The lowest BCUT2D eigenvalue weighted by atomic mass is 9.58. The number of likely N-dealkylation sites (tertiary alicyclic amines) is 1. The average molecular weight is 471 g/mol. The Morgan fingerprint density at radius 1 is 1.27 bits per heavy atom. The van der Waals surface area contributed by atoms with Gasteiger partial charge in [-0.2, -0.15) is 0 Å². The van der Waals surface area contributed by atoms with Gasteiger partial charge >= 0.3 is 6.09 Å². The van der Waals surface area contributed by atoms with E-state index in [1.807, 2.05) is 12.1 Å². The summed E-state index contributed by atoms with van der Waals surface area (Å²) >= 11 is 1.40. The number of nitrogens with one attached hydrogen (secondary N) is 2. The van der Waals surface area contributed by atoms with Crippen molar-refractivity contribution in [3.63, 3.8) is 0 Å². The number of hydrogen-bond acceptors (Lipinski definition) is 5. The molecule has 2 aliphatic heterocycles. The minimum Gasteiger partial charge on any atom is -0.465 e. The van der Waals surface area contributed by atoms with Gasteiger partial charge in [0.05, 0.1) is 5.51 Å². The molecule has 2 aromatic rings. The van der Waals surface area contributed by atoms with Crippen LogP contribution in [-0.2, 0) is 5.41 Å². The van der Waals surface area contributed by atoms with Gasteiger partial charge in [0.25, 0.3) is 5.91 Å². The predicted octanol–water partition coefficient (Wildman–Crippen LogP) is 4.82. The molecule has 3 N–H and O–H groups in total. The third-order valence-electron chi connectivity index (χ3n) is 7.46. The van der Waals surface area contributed by atoms with Crippen molar-refractivity contribution in [1.29, 1.82) is 0 Å². The molecule has 3 heterocycles. The van der Waals surface area contributed by atoms with Crippen LogP contribution in [0.5, 0.6) is 0 Å². The predicted molar refractivity (Wildman–Crippen MR) is 131 cm³/mol. The van der Waals surface area contributed by atoms with Crippen LogP contribution in [-0.4, -0.2) is 52.7 Å². The van der Waals surface area contributed by atoms with Crippen molar-refractivity contribution in [2.24, 2.45) is 11.3 Å². The maximum atomic E-state index is 12.6. The molecule has 0 spiro atoms. The molecule has 2 saturated heterocycles. The van der Waals surface area contributed by atoms with Gasteiger partial charge in [-0.15, -0.1) is 11.3 Å². The summed E-state index contributed by atoms with van der Waals surface area (Å²) in [6.45, 7) is 8.89. The maximum absolute atomic E-state index is 12.6. The molecule has 0 saturated carbocycles. The van der Waals surface area contributed by atoms with Crippen molar-refractivity contribution in [2.75, 3.05) is 25.0 Å². The molecule has 2 aliphatic rings. The molecule has 178 valence electrons. The standard InChI is InChI=1S/C25H34N4O3S/c1-24(2,3)21-14-25(9-12-29(21)23(31)32,17-7-10-26-11-8-17)18-5-4-6-19(13-18)28-22(30)20-15-33-16-27-20/h4-6,13,15-17,21,26H,7-12,14H2,1-3H3,(H,28,30)(H,31,32)/t21-,25?/m1/s1. The molecule has 0 radical (unpaired) electrons. The Morgan fingerprint density at radius 2 is 2.03 bits per heavy atom. The minimum atomic E-state index is -0.835. The van der Waals surface area contributed by atoms with E-state index >= 15 is 0 Å². The summed E-state index contributed by atoms with van der Waals surface area (Å²) < 4.78 is 0. The quantitative estimate of drug-likeness (QED) is 0.595. The zero-order valence-corrected chi connectivity index (χ0v) is 20.5. The third kappa shape index (κ3) is 4.92. The van der Waals surface area contributed by atoms with E-state index in [1.54, 1.807) is 15.8 Å². The van der Waals surface area contributed by atoms with Gasteiger partial charge in [-0.25, -0.2) is 9.78 Å². The molecule has 2 fully saturated rings. The molecule has 2 amide bonds. The third-order valence-corrected chi connectivity index (χ3v) is 8.05. The molecule has 4 rings (SSSR count). The number of hydrogen-bond donors (Lipinski definition) is 3. The van der Waals surface area contributed by atoms with Gasteiger partial charge in [-0.1, -0.05) is 32.9 Å². The molecule has 33 heavy (non-hydrogen) atoms. The summed E-state index contributed by atoms with van der Waals surface area (Å²) in [7, 11) is 0.